The highest BCUT2D eigenvalue weighted by Crippen LogP contribution is 2.35. The zero-order valence-electron chi connectivity index (χ0n) is 9.99. The van der Waals surface area contributed by atoms with E-state index in [1.165, 1.54) is 6.07 Å². The Morgan fingerprint density at radius 1 is 1.40 bits per heavy atom. The number of amides is 2. The molecule has 5 nitrogen and oxygen atoms in total. The molecule has 0 atom stereocenters. The number of benzene rings is 1. The molecule has 106 valence electrons. The molecule has 1 aromatic carbocycles. The topological polar surface area (TPSA) is 69.6 Å². The Bertz CT molecular complexity index is 587. The van der Waals surface area contributed by atoms with Gasteiger partial charge in [-0.05, 0) is 28.1 Å². The van der Waals surface area contributed by atoms with E-state index in [0.29, 0.717) is 4.47 Å². The van der Waals surface area contributed by atoms with Crippen LogP contribution >= 0.6 is 39.1 Å². The number of urea groups is 1. The van der Waals surface area contributed by atoms with Gasteiger partial charge in [0, 0.05) is 4.47 Å². The van der Waals surface area contributed by atoms with Gasteiger partial charge >= 0.3 is 12.0 Å². The van der Waals surface area contributed by atoms with E-state index in [4.69, 9.17) is 34.7 Å². The molecule has 0 radical (unpaired) electrons. The summed E-state index contributed by atoms with van der Waals surface area (Å²) in [6, 6.07) is 2.46. The zero-order valence-corrected chi connectivity index (χ0v) is 13.1. The Labute approximate surface area is 134 Å². The van der Waals surface area contributed by atoms with Crippen molar-refractivity contribution in [2.24, 2.45) is 0 Å². The summed E-state index contributed by atoms with van der Waals surface area (Å²) in [4.78, 5) is 23.5. The van der Waals surface area contributed by atoms with Gasteiger partial charge in [-0.2, -0.15) is 0 Å². The summed E-state index contributed by atoms with van der Waals surface area (Å²) in [5, 5.41) is 11.6. The van der Waals surface area contributed by atoms with Crippen LogP contribution in [0.25, 0.3) is 0 Å². The Balaban J connectivity index is 2.91. The second kappa shape index (κ2) is 7.39. The number of nitrogens with one attached hydrogen (secondary N) is 1. The van der Waals surface area contributed by atoms with Crippen molar-refractivity contribution < 1.29 is 14.7 Å². The normalized spacial score (nSPS) is 9.70. The molecule has 0 bridgehead atoms. The van der Waals surface area contributed by atoms with E-state index in [1.807, 2.05) is 0 Å². The Morgan fingerprint density at radius 3 is 2.60 bits per heavy atom. The molecule has 0 aliphatic heterocycles. The van der Waals surface area contributed by atoms with Crippen LogP contribution in [0.5, 0.6) is 0 Å². The van der Waals surface area contributed by atoms with Gasteiger partial charge in [-0.25, -0.2) is 4.79 Å². The molecule has 2 amide bonds. The second-order valence-electron chi connectivity index (χ2n) is 3.61. The fourth-order valence-electron chi connectivity index (χ4n) is 1.29. The van der Waals surface area contributed by atoms with Crippen molar-refractivity contribution >= 4 is 56.8 Å². The number of carbonyl (C=O) groups excluding carboxylic acids is 1. The molecule has 20 heavy (non-hydrogen) atoms. The van der Waals surface area contributed by atoms with E-state index in [9.17, 15) is 9.59 Å². The lowest BCUT2D eigenvalue weighted by Crippen LogP contribution is -2.39. The lowest BCUT2D eigenvalue weighted by molar-refractivity contribution is -0.137. The number of aliphatic carboxylic acids is 1. The minimum absolute atomic E-state index is 0.139. The Hall–Kier alpha value is -1.42. The first kappa shape index (κ1) is 16.6. The predicted molar refractivity (Wildman–Crippen MR) is 81.2 cm³/mol. The molecule has 0 spiro atoms. The van der Waals surface area contributed by atoms with Crippen LogP contribution in [0.4, 0.5) is 10.5 Å². The molecule has 0 saturated heterocycles. The quantitative estimate of drug-likeness (QED) is 0.622. The number of nitrogens with zero attached hydrogens (tertiary/aromatic N) is 1. The highest BCUT2D eigenvalue weighted by atomic mass is 79.9. The van der Waals surface area contributed by atoms with Crippen LogP contribution in [0.1, 0.15) is 0 Å². The van der Waals surface area contributed by atoms with Gasteiger partial charge < -0.3 is 15.3 Å². The number of rotatable bonds is 4. The minimum Gasteiger partial charge on any atom is -0.480 e. The highest BCUT2D eigenvalue weighted by Gasteiger charge is 2.18. The third-order valence-electron chi connectivity index (χ3n) is 2.17. The fourth-order valence-corrected chi connectivity index (χ4v) is 2.11. The van der Waals surface area contributed by atoms with E-state index in [2.05, 4.69) is 27.2 Å². The van der Waals surface area contributed by atoms with Crippen LogP contribution in [-0.2, 0) is 4.79 Å². The Kier molecular flexibility index (Phi) is 6.14. The lowest BCUT2D eigenvalue weighted by Gasteiger charge is -2.19. The molecule has 0 unspecified atom stereocenters. The maximum atomic E-state index is 11.9. The SMILES string of the molecule is C#CCN(CC(=O)O)C(=O)Nc1ccc(Br)c(Cl)c1Cl. The van der Waals surface area contributed by atoms with Gasteiger partial charge in [0.2, 0.25) is 0 Å². The van der Waals surface area contributed by atoms with Crippen molar-refractivity contribution in [3.63, 3.8) is 0 Å². The van der Waals surface area contributed by atoms with Crippen LogP contribution in [0, 0.1) is 12.3 Å². The first-order chi connectivity index (χ1) is 9.36. The summed E-state index contributed by atoms with van der Waals surface area (Å²) in [5.74, 6) is 1.04. The molecule has 0 aromatic heterocycles. The first-order valence-electron chi connectivity index (χ1n) is 5.21. The van der Waals surface area contributed by atoms with Crippen molar-refractivity contribution in [3.8, 4) is 12.3 Å². The van der Waals surface area contributed by atoms with Crippen molar-refractivity contribution in [2.45, 2.75) is 0 Å². The van der Waals surface area contributed by atoms with Crippen molar-refractivity contribution in [1.29, 1.82) is 0 Å². The van der Waals surface area contributed by atoms with Gasteiger partial charge in [0.15, 0.2) is 0 Å². The number of carboxylic acids is 1. The van der Waals surface area contributed by atoms with Crippen LogP contribution < -0.4 is 5.32 Å². The maximum absolute atomic E-state index is 11.9. The third-order valence-corrected chi connectivity index (χ3v) is 3.94. The lowest BCUT2D eigenvalue weighted by atomic mass is 10.3. The summed E-state index contributed by atoms with van der Waals surface area (Å²) in [6.07, 6.45) is 5.09. The van der Waals surface area contributed by atoms with Crippen LogP contribution in [0.3, 0.4) is 0 Å². The molecule has 0 aliphatic rings. The van der Waals surface area contributed by atoms with E-state index >= 15 is 0 Å². The number of terminal acetylenes is 1. The molecule has 2 N–H and O–H groups in total. The van der Waals surface area contributed by atoms with Gasteiger partial charge in [-0.3, -0.25) is 4.79 Å². The molecule has 0 aliphatic carbocycles. The monoisotopic (exact) mass is 378 g/mol. The number of hydrogen-bond acceptors (Lipinski definition) is 2. The van der Waals surface area contributed by atoms with Crippen LogP contribution in [-0.4, -0.2) is 35.1 Å². The largest absolute Gasteiger partial charge is 0.480 e. The molecule has 0 saturated carbocycles. The summed E-state index contributed by atoms with van der Waals surface area (Å²) in [5.41, 5.74) is 0.261. The predicted octanol–water partition coefficient (Wildman–Crippen LogP) is 3.31. The zero-order chi connectivity index (χ0) is 15.3. The van der Waals surface area contributed by atoms with Gasteiger partial charge in [0.25, 0.3) is 0 Å². The van der Waals surface area contributed by atoms with Gasteiger partial charge in [-0.1, -0.05) is 29.1 Å². The van der Waals surface area contributed by atoms with Gasteiger partial charge in [0.05, 0.1) is 22.3 Å². The Morgan fingerprint density at radius 2 is 2.05 bits per heavy atom. The van der Waals surface area contributed by atoms with Crippen LogP contribution in [0.2, 0.25) is 10.0 Å². The van der Waals surface area contributed by atoms with Gasteiger partial charge in [-0.15, -0.1) is 6.42 Å². The number of hydrogen-bond donors (Lipinski definition) is 2. The molecule has 8 heteroatoms. The van der Waals surface area contributed by atoms with E-state index in [0.717, 1.165) is 4.90 Å². The summed E-state index contributed by atoms with van der Waals surface area (Å²) < 4.78 is 0.577. The van der Waals surface area contributed by atoms with E-state index < -0.39 is 18.5 Å². The molecule has 0 heterocycles. The standard InChI is InChI=1S/C12H9BrCl2N2O3/c1-2-5-17(6-9(18)19)12(20)16-8-4-3-7(13)10(14)11(8)15/h1,3-4H,5-6H2,(H,16,20)(H,18,19). The molecular formula is C12H9BrCl2N2O3. The van der Waals surface area contributed by atoms with Crippen molar-refractivity contribution in [1.82, 2.24) is 4.90 Å². The van der Waals surface area contributed by atoms with Crippen molar-refractivity contribution in [3.05, 3.63) is 26.7 Å². The fraction of sp³-hybridized carbons (Fsp3) is 0.167. The molecular weight excluding hydrogens is 371 g/mol. The van der Waals surface area contributed by atoms with E-state index in [1.54, 1.807) is 6.07 Å². The first-order valence-corrected chi connectivity index (χ1v) is 6.76. The third kappa shape index (κ3) is 4.30. The smallest absolute Gasteiger partial charge is 0.323 e. The molecule has 1 aromatic rings. The molecule has 1 rings (SSSR count). The average molecular weight is 380 g/mol. The maximum Gasteiger partial charge on any atom is 0.323 e. The van der Waals surface area contributed by atoms with Crippen molar-refractivity contribution in [2.75, 3.05) is 18.4 Å². The number of anilines is 1. The average Bonchev–Trinajstić information content (AvgIpc) is 2.38. The number of carboxylic acid groups (broad SMARTS) is 1. The summed E-state index contributed by atoms with van der Waals surface area (Å²) in [6.45, 7) is -0.655. The summed E-state index contributed by atoms with van der Waals surface area (Å²) >= 11 is 15.1. The number of halogens is 3. The minimum atomic E-state index is -1.17. The number of carbonyl (C=O) groups is 2. The highest BCUT2D eigenvalue weighted by molar-refractivity contribution is 9.10. The van der Waals surface area contributed by atoms with Gasteiger partial charge in [0.1, 0.15) is 6.54 Å². The van der Waals surface area contributed by atoms with Crippen LogP contribution in [0.15, 0.2) is 16.6 Å². The summed E-state index contributed by atoms with van der Waals surface area (Å²) in [7, 11) is 0. The van der Waals surface area contributed by atoms with E-state index in [-0.39, 0.29) is 22.3 Å². The second-order valence-corrected chi connectivity index (χ2v) is 5.22. The molecule has 0 fully saturated rings.